The van der Waals surface area contributed by atoms with Crippen LogP contribution in [0.3, 0.4) is 0 Å². The molecule has 1 aliphatic heterocycles. The summed E-state index contributed by atoms with van der Waals surface area (Å²) < 4.78 is 18.8. The van der Waals surface area contributed by atoms with Crippen molar-refractivity contribution in [1.29, 1.82) is 0 Å². The number of hydrogen-bond acceptors (Lipinski definition) is 4. The normalized spacial score (nSPS) is 25.7. The highest BCUT2D eigenvalue weighted by molar-refractivity contribution is 9.10. The molecule has 1 aromatic rings. The van der Waals surface area contributed by atoms with E-state index < -0.39 is 17.3 Å². The zero-order chi connectivity index (χ0) is 14.9. The molecular weight excluding hydrogens is 331 g/mol. The van der Waals surface area contributed by atoms with Crippen LogP contribution in [-0.4, -0.2) is 35.9 Å². The highest BCUT2D eigenvalue weighted by Crippen LogP contribution is 2.26. The lowest BCUT2D eigenvalue weighted by Gasteiger charge is -2.26. The van der Waals surface area contributed by atoms with Crippen LogP contribution < -0.4 is 11.1 Å². The van der Waals surface area contributed by atoms with E-state index in [4.69, 9.17) is 10.5 Å². The SMILES string of the molecule is CC1OCCC1(O)CNC(=O)c1cc(N)c(F)cc1Br. The van der Waals surface area contributed by atoms with Gasteiger partial charge in [-0.2, -0.15) is 0 Å². The molecule has 0 saturated carbocycles. The molecule has 110 valence electrons. The first-order valence-corrected chi connectivity index (χ1v) is 6.99. The Morgan fingerprint density at radius 3 is 3.00 bits per heavy atom. The van der Waals surface area contributed by atoms with Crippen molar-refractivity contribution < 1.29 is 19.0 Å². The third-order valence-electron chi connectivity index (χ3n) is 3.55. The van der Waals surface area contributed by atoms with Crippen LogP contribution in [0.25, 0.3) is 0 Å². The number of amides is 1. The standard InChI is InChI=1S/C13H16BrFN2O3/c1-7-13(19,2-3-20-7)6-17-12(18)8-4-11(16)10(15)5-9(8)14/h4-5,7,19H,2-3,6,16H2,1H3,(H,17,18). The molecule has 1 fully saturated rings. The number of hydrogen-bond donors (Lipinski definition) is 3. The quantitative estimate of drug-likeness (QED) is 0.723. The molecular formula is C13H16BrFN2O3. The number of nitrogens with one attached hydrogen (secondary N) is 1. The number of rotatable bonds is 3. The number of nitrogens with two attached hydrogens (primary N) is 1. The van der Waals surface area contributed by atoms with Gasteiger partial charge in [-0.15, -0.1) is 0 Å². The molecule has 4 N–H and O–H groups in total. The Morgan fingerprint density at radius 1 is 1.70 bits per heavy atom. The van der Waals surface area contributed by atoms with Crippen LogP contribution in [-0.2, 0) is 4.74 Å². The Hall–Kier alpha value is -1.18. The fraction of sp³-hybridized carbons (Fsp3) is 0.462. The fourth-order valence-corrected chi connectivity index (χ4v) is 2.57. The third kappa shape index (κ3) is 2.94. The summed E-state index contributed by atoms with van der Waals surface area (Å²) in [6, 6.07) is 2.40. The molecule has 2 unspecified atom stereocenters. The lowest BCUT2D eigenvalue weighted by Crippen LogP contribution is -2.47. The van der Waals surface area contributed by atoms with Crippen molar-refractivity contribution in [2.75, 3.05) is 18.9 Å². The van der Waals surface area contributed by atoms with Gasteiger partial charge in [-0.25, -0.2) is 4.39 Å². The smallest absolute Gasteiger partial charge is 0.252 e. The average Bonchev–Trinajstić information content (AvgIpc) is 2.72. The zero-order valence-corrected chi connectivity index (χ0v) is 12.5. The summed E-state index contributed by atoms with van der Waals surface area (Å²) in [6.07, 6.45) is 0.116. The Labute approximate surface area is 124 Å². The molecule has 20 heavy (non-hydrogen) atoms. The summed E-state index contributed by atoms with van der Waals surface area (Å²) in [6.45, 7) is 2.28. The molecule has 7 heteroatoms. The van der Waals surface area contributed by atoms with E-state index in [1.807, 2.05) is 0 Å². The summed E-state index contributed by atoms with van der Waals surface area (Å²) in [5.74, 6) is -1.03. The number of carbonyl (C=O) groups excluding carboxylic acids is 1. The van der Waals surface area contributed by atoms with Crippen molar-refractivity contribution >= 4 is 27.5 Å². The molecule has 0 aromatic heterocycles. The van der Waals surface area contributed by atoms with Gasteiger partial charge in [0.1, 0.15) is 11.4 Å². The topological polar surface area (TPSA) is 84.6 Å². The van der Waals surface area contributed by atoms with E-state index in [-0.39, 0.29) is 23.9 Å². The van der Waals surface area contributed by atoms with Crippen LogP contribution in [0.4, 0.5) is 10.1 Å². The minimum absolute atomic E-state index is 0.0662. The Balaban J connectivity index is 2.08. The van der Waals surface area contributed by atoms with Gasteiger partial charge in [0.15, 0.2) is 0 Å². The minimum Gasteiger partial charge on any atom is -0.396 e. The first-order valence-electron chi connectivity index (χ1n) is 6.20. The van der Waals surface area contributed by atoms with Crippen LogP contribution in [0.2, 0.25) is 0 Å². The second kappa shape index (κ2) is 5.67. The number of nitrogen functional groups attached to an aromatic ring is 1. The molecule has 2 atom stereocenters. The predicted molar refractivity (Wildman–Crippen MR) is 75.8 cm³/mol. The molecule has 1 heterocycles. The zero-order valence-electron chi connectivity index (χ0n) is 11.0. The second-order valence-electron chi connectivity index (χ2n) is 4.90. The second-order valence-corrected chi connectivity index (χ2v) is 5.76. The molecule has 0 spiro atoms. The van der Waals surface area contributed by atoms with E-state index in [0.717, 1.165) is 6.07 Å². The first-order chi connectivity index (χ1) is 9.33. The van der Waals surface area contributed by atoms with Gasteiger partial charge in [-0.3, -0.25) is 4.79 Å². The summed E-state index contributed by atoms with van der Waals surface area (Å²) in [5.41, 5.74) is 4.49. The maximum atomic E-state index is 13.2. The molecule has 1 saturated heterocycles. The summed E-state index contributed by atoms with van der Waals surface area (Å²) in [4.78, 5) is 12.1. The van der Waals surface area contributed by atoms with Crippen LogP contribution >= 0.6 is 15.9 Å². The average molecular weight is 347 g/mol. The lowest BCUT2D eigenvalue weighted by atomic mass is 9.96. The number of benzene rings is 1. The van der Waals surface area contributed by atoms with E-state index in [1.165, 1.54) is 6.07 Å². The number of ether oxygens (including phenoxy) is 1. The Morgan fingerprint density at radius 2 is 2.40 bits per heavy atom. The molecule has 0 aliphatic carbocycles. The van der Waals surface area contributed by atoms with Crippen molar-refractivity contribution in [2.24, 2.45) is 0 Å². The van der Waals surface area contributed by atoms with Crippen molar-refractivity contribution in [1.82, 2.24) is 5.32 Å². The van der Waals surface area contributed by atoms with Gasteiger partial charge in [0, 0.05) is 24.0 Å². The summed E-state index contributed by atoms with van der Waals surface area (Å²) in [7, 11) is 0. The molecule has 0 bridgehead atoms. The van der Waals surface area contributed by atoms with Gasteiger partial charge >= 0.3 is 0 Å². The molecule has 1 aromatic carbocycles. The third-order valence-corrected chi connectivity index (χ3v) is 4.20. The highest BCUT2D eigenvalue weighted by Gasteiger charge is 2.39. The molecule has 5 nitrogen and oxygen atoms in total. The van der Waals surface area contributed by atoms with Crippen LogP contribution in [0.5, 0.6) is 0 Å². The van der Waals surface area contributed by atoms with Crippen molar-refractivity contribution in [3.63, 3.8) is 0 Å². The number of anilines is 1. The van der Waals surface area contributed by atoms with Gasteiger partial charge < -0.3 is 20.9 Å². The number of halogens is 2. The van der Waals surface area contributed by atoms with Gasteiger partial charge in [0.25, 0.3) is 5.91 Å². The van der Waals surface area contributed by atoms with E-state index in [0.29, 0.717) is 17.5 Å². The van der Waals surface area contributed by atoms with E-state index in [9.17, 15) is 14.3 Å². The van der Waals surface area contributed by atoms with Gasteiger partial charge in [-0.1, -0.05) is 0 Å². The molecule has 1 amide bonds. The highest BCUT2D eigenvalue weighted by atomic mass is 79.9. The van der Waals surface area contributed by atoms with Crippen molar-refractivity contribution in [3.8, 4) is 0 Å². The van der Waals surface area contributed by atoms with Crippen LogP contribution in [0, 0.1) is 5.82 Å². The Kier molecular flexibility index (Phi) is 4.31. The van der Waals surface area contributed by atoms with Gasteiger partial charge in [0.05, 0.1) is 17.4 Å². The fourth-order valence-electron chi connectivity index (χ4n) is 2.07. The van der Waals surface area contributed by atoms with Crippen LogP contribution in [0.15, 0.2) is 16.6 Å². The maximum absolute atomic E-state index is 13.2. The number of carbonyl (C=O) groups is 1. The van der Waals surface area contributed by atoms with E-state index in [1.54, 1.807) is 6.92 Å². The minimum atomic E-state index is -1.08. The summed E-state index contributed by atoms with van der Waals surface area (Å²) >= 11 is 3.12. The van der Waals surface area contributed by atoms with Gasteiger partial charge in [-0.05, 0) is 35.0 Å². The molecule has 1 aliphatic rings. The van der Waals surface area contributed by atoms with Crippen molar-refractivity contribution in [3.05, 3.63) is 28.0 Å². The van der Waals surface area contributed by atoms with Crippen molar-refractivity contribution in [2.45, 2.75) is 25.0 Å². The van der Waals surface area contributed by atoms with E-state index >= 15 is 0 Å². The predicted octanol–water partition coefficient (Wildman–Crippen LogP) is 1.44. The lowest BCUT2D eigenvalue weighted by molar-refractivity contribution is -0.0251. The van der Waals surface area contributed by atoms with E-state index in [2.05, 4.69) is 21.2 Å². The van der Waals surface area contributed by atoms with Gasteiger partial charge in [0.2, 0.25) is 0 Å². The van der Waals surface area contributed by atoms with Crippen LogP contribution in [0.1, 0.15) is 23.7 Å². The Bertz CT molecular complexity index is 541. The maximum Gasteiger partial charge on any atom is 0.252 e. The first kappa shape index (κ1) is 15.2. The summed E-state index contributed by atoms with van der Waals surface area (Å²) in [5, 5.41) is 12.9. The molecule has 2 rings (SSSR count). The molecule has 0 radical (unpaired) electrons. The monoisotopic (exact) mass is 346 g/mol. The largest absolute Gasteiger partial charge is 0.396 e. The number of aliphatic hydroxyl groups is 1.